The maximum absolute atomic E-state index is 11.7. The highest BCUT2D eigenvalue weighted by Gasteiger charge is 2.12. The van der Waals surface area contributed by atoms with Crippen molar-refractivity contribution in [3.05, 3.63) is 29.8 Å². The Bertz CT molecular complexity index is 575. The van der Waals surface area contributed by atoms with Gasteiger partial charge in [0.25, 0.3) is 15.0 Å². The number of nitrogens with one attached hydrogen (secondary N) is 1. The quantitative estimate of drug-likeness (QED) is 0.509. The predicted molar refractivity (Wildman–Crippen MR) is 69.9 cm³/mol. The first-order valence-corrected chi connectivity index (χ1v) is 7.52. The van der Waals surface area contributed by atoms with Crippen LogP contribution < -0.4 is 5.32 Å². The van der Waals surface area contributed by atoms with Gasteiger partial charge in [0, 0.05) is 29.2 Å². The standard InChI is InChI=1S/C12H12ClNO3S/c1-2-3-4-8-14-12(15)10-6-5-7-11(9-10)18(13,16)17/h1,5-7,9H,3-4,8H2,(H,14,15). The third kappa shape index (κ3) is 4.40. The highest BCUT2D eigenvalue weighted by molar-refractivity contribution is 8.13. The summed E-state index contributed by atoms with van der Waals surface area (Å²) in [6.45, 7) is 0.445. The molecule has 96 valence electrons. The summed E-state index contributed by atoms with van der Waals surface area (Å²) in [5.41, 5.74) is 0.248. The zero-order chi connectivity index (χ0) is 13.6. The topological polar surface area (TPSA) is 63.2 Å². The lowest BCUT2D eigenvalue weighted by Crippen LogP contribution is -2.24. The van der Waals surface area contributed by atoms with Gasteiger partial charge in [-0.3, -0.25) is 4.79 Å². The van der Waals surface area contributed by atoms with Crippen molar-refractivity contribution in [1.29, 1.82) is 0 Å². The van der Waals surface area contributed by atoms with Crippen LogP contribution in [0.2, 0.25) is 0 Å². The number of halogens is 1. The number of hydrogen-bond acceptors (Lipinski definition) is 3. The van der Waals surface area contributed by atoms with Crippen LogP contribution >= 0.6 is 10.7 Å². The third-order valence-corrected chi connectivity index (χ3v) is 3.51. The minimum absolute atomic E-state index is 0.0968. The van der Waals surface area contributed by atoms with Gasteiger partial charge in [-0.2, -0.15) is 0 Å². The summed E-state index contributed by atoms with van der Waals surface area (Å²) in [4.78, 5) is 11.6. The zero-order valence-electron chi connectivity index (χ0n) is 9.52. The first-order chi connectivity index (χ1) is 8.45. The molecular formula is C12H12ClNO3S. The van der Waals surface area contributed by atoms with E-state index in [1.54, 1.807) is 0 Å². The molecule has 0 heterocycles. The molecule has 0 saturated carbocycles. The number of amides is 1. The van der Waals surface area contributed by atoms with E-state index in [9.17, 15) is 13.2 Å². The Labute approximate surface area is 111 Å². The number of carbonyl (C=O) groups excluding carboxylic acids is 1. The maximum Gasteiger partial charge on any atom is 0.261 e. The number of carbonyl (C=O) groups is 1. The van der Waals surface area contributed by atoms with Gasteiger partial charge in [-0.25, -0.2) is 8.42 Å². The molecule has 1 amide bonds. The molecular weight excluding hydrogens is 274 g/mol. The smallest absolute Gasteiger partial charge is 0.261 e. The van der Waals surface area contributed by atoms with Crippen molar-refractivity contribution < 1.29 is 13.2 Å². The van der Waals surface area contributed by atoms with E-state index in [1.807, 2.05) is 0 Å². The predicted octanol–water partition coefficient (Wildman–Crippen LogP) is 1.76. The lowest BCUT2D eigenvalue weighted by atomic mass is 10.2. The lowest BCUT2D eigenvalue weighted by molar-refractivity contribution is 0.0953. The van der Waals surface area contributed by atoms with Gasteiger partial charge in [-0.15, -0.1) is 12.3 Å². The van der Waals surface area contributed by atoms with Crippen molar-refractivity contribution >= 4 is 25.6 Å². The van der Waals surface area contributed by atoms with Gasteiger partial charge in [0.1, 0.15) is 0 Å². The second kappa shape index (κ2) is 6.43. The number of terminal acetylenes is 1. The lowest BCUT2D eigenvalue weighted by Gasteiger charge is -2.04. The van der Waals surface area contributed by atoms with E-state index in [2.05, 4.69) is 11.2 Å². The number of rotatable bonds is 5. The number of benzene rings is 1. The summed E-state index contributed by atoms with van der Waals surface area (Å²) < 4.78 is 22.2. The monoisotopic (exact) mass is 285 g/mol. The molecule has 0 atom stereocenters. The molecule has 0 unspecified atom stereocenters. The molecule has 1 aromatic rings. The van der Waals surface area contributed by atoms with E-state index in [0.29, 0.717) is 19.4 Å². The van der Waals surface area contributed by atoms with E-state index in [-0.39, 0.29) is 16.4 Å². The summed E-state index contributed by atoms with van der Waals surface area (Å²) in [5, 5.41) is 2.64. The van der Waals surface area contributed by atoms with Gasteiger partial charge in [-0.05, 0) is 24.6 Å². The Kier molecular flexibility index (Phi) is 5.20. The summed E-state index contributed by atoms with van der Waals surface area (Å²) in [6.07, 6.45) is 6.34. The molecule has 0 radical (unpaired) electrons. The van der Waals surface area contributed by atoms with Gasteiger partial charge in [0.05, 0.1) is 4.90 Å². The molecule has 1 aromatic carbocycles. The minimum atomic E-state index is -3.82. The molecule has 0 aliphatic rings. The summed E-state index contributed by atoms with van der Waals surface area (Å²) in [7, 11) is 1.38. The molecule has 0 saturated heterocycles. The average Bonchev–Trinajstić information content (AvgIpc) is 2.33. The van der Waals surface area contributed by atoms with E-state index in [0.717, 1.165) is 0 Å². The molecule has 0 bridgehead atoms. The van der Waals surface area contributed by atoms with Crippen LogP contribution in [-0.4, -0.2) is 20.9 Å². The third-order valence-electron chi connectivity index (χ3n) is 2.16. The summed E-state index contributed by atoms with van der Waals surface area (Å²) >= 11 is 0. The second-order valence-corrected chi connectivity index (χ2v) is 6.10. The fourth-order valence-corrected chi connectivity index (χ4v) is 2.08. The van der Waals surface area contributed by atoms with E-state index < -0.39 is 9.05 Å². The molecule has 6 heteroatoms. The molecule has 0 aliphatic carbocycles. The molecule has 1 rings (SSSR count). The molecule has 4 nitrogen and oxygen atoms in total. The van der Waals surface area contributed by atoms with E-state index in [1.165, 1.54) is 24.3 Å². The molecule has 0 fully saturated rings. The molecule has 0 spiro atoms. The Morgan fingerprint density at radius 2 is 2.17 bits per heavy atom. The summed E-state index contributed by atoms with van der Waals surface area (Å²) in [5.74, 6) is 2.11. The molecule has 0 aliphatic heterocycles. The zero-order valence-corrected chi connectivity index (χ0v) is 11.1. The van der Waals surface area contributed by atoms with Crippen molar-refractivity contribution in [1.82, 2.24) is 5.32 Å². The van der Waals surface area contributed by atoms with Crippen LogP contribution in [0.25, 0.3) is 0 Å². The fourth-order valence-electron chi connectivity index (χ4n) is 1.28. The van der Waals surface area contributed by atoms with Crippen LogP contribution in [0.15, 0.2) is 29.2 Å². The number of hydrogen-bond donors (Lipinski definition) is 1. The Morgan fingerprint density at radius 3 is 2.78 bits per heavy atom. The van der Waals surface area contributed by atoms with Crippen LogP contribution in [0.5, 0.6) is 0 Å². The van der Waals surface area contributed by atoms with Gasteiger partial charge in [-0.1, -0.05) is 6.07 Å². The Hall–Kier alpha value is -1.51. The van der Waals surface area contributed by atoms with Gasteiger partial charge < -0.3 is 5.32 Å². The van der Waals surface area contributed by atoms with Crippen LogP contribution in [0.1, 0.15) is 23.2 Å². The first kappa shape index (κ1) is 14.6. The SMILES string of the molecule is C#CCCCNC(=O)c1cccc(S(=O)(=O)Cl)c1. The molecule has 1 N–H and O–H groups in total. The maximum atomic E-state index is 11.7. The Balaban J connectivity index is 2.73. The second-order valence-electron chi connectivity index (χ2n) is 3.53. The highest BCUT2D eigenvalue weighted by Crippen LogP contribution is 2.16. The van der Waals surface area contributed by atoms with Crippen molar-refractivity contribution in [2.24, 2.45) is 0 Å². The van der Waals surface area contributed by atoms with Gasteiger partial charge >= 0.3 is 0 Å². The first-order valence-electron chi connectivity index (χ1n) is 5.21. The van der Waals surface area contributed by atoms with Crippen molar-refractivity contribution in [3.8, 4) is 12.3 Å². The highest BCUT2D eigenvalue weighted by atomic mass is 35.7. The van der Waals surface area contributed by atoms with E-state index >= 15 is 0 Å². The molecule has 0 aromatic heterocycles. The van der Waals surface area contributed by atoms with Crippen LogP contribution in [-0.2, 0) is 9.05 Å². The Morgan fingerprint density at radius 1 is 1.44 bits per heavy atom. The van der Waals surface area contributed by atoms with Gasteiger partial charge in [0.2, 0.25) is 0 Å². The minimum Gasteiger partial charge on any atom is -0.352 e. The average molecular weight is 286 g/mol. The van der Waals surface area contributed by atoms with Crippen LogP contribution in [0.3, 0.4) is 0 Å². The largest absolute Gasteiger partial charge is 0.352 e. The van der Waals surface area contributed by atoms with Crippen LogP contribution in [0.4, 0.5) is 0 Å². The van der Waals surface area contributed by atoms with E-state index in [4.69, 9.17) is 17.1 Å². The summed E-state index contributed by atoms with van der Waals surface area (Å²) in [6, 6.07) is 5.55. The molecule has 18 heavy (non-hydrogen) atoms. The van der Waals surface area contributed by atoms with Crippen molar-refractivity contribution in [2.45, 2.75) is 17.7 Å². The van der Waals surface area contributed by atoms with Crippen LogP contribution in [0, 0.1) is 12.3 Å². The van der Waals surface area contributed by atoms with Crippen molar-refractivity contribution in [2.75, 3.05) is 6.54 Å². The fraction of sp³-hybridized carbons (Fsp3) is 0.250. The van der Waals surface area contributed by atoms with Crippen molar-refractivity contribution in [3.63, 3.8) is 0 Å². The normalized spacial score (nSPS) is 10.7. The van der Waals surface area contributed by atoms with Gasteiger partial charge in [0.15, 0.2) is 0 Å². The number of unbranched alkanes of at least 4 members (excludes halogenated alkanes) is 1.